The van der Waals surface area contributed by atoms with Gasteiger partial charge in [0.2, 0.25) is 0 Å². The molecule has 84 valence electrons. The summed E-state index contributed by atoms with van der Waals surface area (Å²) in [7, 11) is 0. The molecule has 0 aliphatic heterocycles. The Hall–Kier alpha value is -0.920. The van der Waals surface area contributed by atoms with E-state index in [1.165, 1.54) is 0 Å². The third-order valence-corrected chi connectivity index (χ3v) is 3.07. The van der Waals surface area contributed by atoms with Crippen LogP contribution in [0, 0.1) is 10.8 Å². The van der Waals surface area contributed by atoms with Crippen molar-refractivity contribution in [2.75, 3.05) is 0 Å². The van der Waals surface area contributed by atoms with E-state index in [2.05, 4.69) is 0 Å². The van der Waals surface area contributed by atoms with E-state index in [0.717, 1.165) is 5.57 Å². The number of rotatable bonds is 0. The lowest BCUT2D eigenvalue weighted by Crippen LogP contribution is -2.45. The summed E-state index contributed by atoms with van der Waals surface area (Å²) in [6, 6.07) is 0. The fraction of sp³-hybridized carbons (Fsp3) is 0.692. The van der Waals surface area contributed by atoms with E-state index in [0.29, 0.717) is 12.0 Å². The third-order valence-electron chi connectivity index (χ3n) is 3.07. The van der Waals surface area contributed by atoms with Crippen molar-refractivity contribution < 1.29 is 9.59 Å². The summed E-state index contributed by atoms with van der Waals surface area (Å²) in [6.45, 7) is 11.4. The van der Waals surface area contributed by atoms with Gasteiger partial charge < -0.3 is 0 Å². The SMILES string of the molecule is CC(C)=C1C(=O)C(C)(C)CC(C)(C)C1=O. The van der Waals surface area contributed by atoms with Gasteiger partial charge in [-0.1, -0.05) is 33.3 Å². The molecule has 0 aromatic carbocycles. The Kier molecular flexibility index (Phi) is 2.67. The van der Waals surface area contributed by atoms with Gasteiger partial charge in [-0.25, -0.2) is 0 Å². The second-order valence-corrected chi connectivity index (χ2v) is 5.98. The summed E-state index contributed by atoms with van der Waals surface area (Å²) < 4.78 is 0. The third kappa shape index (κ3) is 1.90. The van der Waals surface area contributed by atoms with Gasteiger partial charge in [0.05, 0.1) is 5.57 Å². The Bertz CT molecular complexity index is 325. The first-order valence-electron chi connectivity index (χ1n) is 5.37. The number of carbonyl (C=O) groups is 2. The quantitative estimate of drug-likeness (QED) is 0.453. The van der Waals surface area contributed by atoms with Crippen LogP contribution in [-0.2, 0) is 9.59 Å². The van der Waals surface area contributed by atoms with Crippen molar-refractivity contribution in [3.63, 3.8) is 0 Å². The molecule has 0 amide bonds. The van der Waals surface area contributed by atoms with E-state index < -0.39 is 10.8 Å². The van der Waals surface area contributed by atoms with Crippen LogP contribution in [0.2, 0.25) is 0 Å². The van der Waals surface area contributed by atoms with Crippen molar-refractivity contribution >= 4 is 11.6 Å². The standard InChI is InChI=1S/C13H20O2/c1-8(2)9-10(14)12(3,4)7-13(5,6)11(9)15/h7H2,1-6H3. The second-order valence-electron chi connectivity index (χ2n) is 5.98. The maximum absolute atomic E-state index is 12.1. The molecule has 0 radical (unpaired) electrons. The van der Waals surface area contributed by atoms with Gasteiger partial charge in [0, 0.05) is 10.8 Å². The fourth-order valence-corrected chi connectivity index (χ4v) is 2.50. The Morgan fingerprint density at radius 2 is 1.27 bits per heavy atom. The maximum Gasteiger partial charge on any atom is 0.172 e. The van der Waals surface area contributed by atoms with Crippen molar-refractivity contribution in [3.8, 4) is 0 Å². The lowest BCUT2D eigenvalue weighted by Gasteiger charge is -2.39. The minimum atomic E-state index is -0.413. The summed E-state index contributed by atoms with van der Waals surface area (Å²) in [6.07, 6.45) is 0.633. The van der Waals surface area contributed by atoms with Gasteiger partial charge in [-0.05, 0) is 20.3 Å². The van der Waals surface area contributed by atoms with Gasteiger partial charge in [0.1, 0.15) is 0 Å². The molecule has 0 bridgehead atoms. The van der Waals surface area contributed by atoms with Crippen LogP contribution in [0.1, 0.15) is 48.0 Å². The van der Waals surface area contributed by atoms with Crippen LogP contribution in [0.15, 0.2) is 11.1 Å². The zero-order chi connectivity index (χ0) is 12.0. The summed E-state index contributed by atoms with van der Waals surface area (Å²) in [5.41, 5.74) is 0.440. The van der Waals surface area contributed by atoms with Crippen molar-refractivity contribution in [1.29, 1.82) is 0 Å². The fourth-order valence-electron chi connectivity index (χ4n) is 2.50. The average Bonchev–Trinajstić information content (AvgIpc) is 1.99. The number of hydrogen-bond acceptors (Lipinski definition) is 2. The smallest absolute Gasteiger partial charge is 0.172 e. The molecule has 0 spiro atoms. The van der Waals surface area contributed by atoms with Gasteiger partial charge >= 0.3 is 0 Å². The van der Waals surface area contributed by atoms with Crippen LogP contribution in [0.3, 0.4) is 0 Å². The monoisotopic (exact) mass is 208 g/mol. The molecule has 0 saturated heterocycles. The Morgan fingerprint density at radius 1 is 0.933 bits per heavy atom. The van der Waals surface area contributed by atoms with E-state index in [9.17, 15) is 9.59 Å². The largest absolute Gasteiger partial charge is 0.293 e. The molecule has 1 rings (SSSR count). The Labute approximate surface area is 91.7 Å². The van der Waals surface area contributed by atoms with E-state index in [-0.39, 0.29) is 11.6 Å². The zero-order valence-electron chi connectivity index (χ0n) is 10.5. The molecule has 2 nitrogen and oxygen atoms in total. The molecule has 0 unspecified atom stereocenters. The lowest BCUT2D eigenvalue weighted by atomic mass is 9.61. The van der Waals surface area contributed by atoms with Crippen LogP contribution in [0.4, 0.5) is 0 Å². The molecular formula is C13H20O2. The van der Waals surface area contributed by atoms with Gasteiger partial charge in [0.15, 0.2) is 11.6 Å². The van der Waals surface area contributed by atoms with Crippen LogP contribution >= 0.6 is 0 Å². The molecule has 0 atom stereocenters. The number of Topliss-reactive ketones (excluding diaryl/α,β-unsaturated/α-hetero) is 2. The Morgan fingerprint density at radius 3 is 1.53 bits per heavy atom. The van der Waals surface area contributed by atoms with Crippen LogP contribution in [0.5, 0.6) is 0 Å². The molecule has 0 heterocycles. The van der Waals surface area contributed by atoms with E-state index in [4.69, 9.17) is 0 Å². The topological polar surface area (TPSA) is 34.1 Å². The molecule has 1 aliphatic rings. The maximum atomic E-state index is 12.1. The van der Waals surface area contributed by atoms with Gasteiger partial charge in [-0.3, -0.25) is 9.59 Å². The summed E-state index contributed by atoms with van der Waals surface area (Å²) >= 11 is 0. The van der Waals surface area contributed by atoms with Crippen molar-refractivity contribution in [1.82, 2.24) is 0 Å². The normalized spacial score (nSPS) is 24.3. The molecule has 2 heteroatoms. The van der Waals surface area contributed by atoms with Crippen LogP contribution in [0.25, 0.3) is 0 Å². The Balaban J connectivity index is 3.35. The second kappa shape index (κ2) is 3.29. The van der Waals surface area contributed by atoms with Gasteiger partial charge in [-0.15, -0.1) is 0 Å². The lowest BCUT2D eigenvalue weighted by molar-refractivity contribution is -0.137. The number of allylic oxidation sites excluding steroid dienone is 2. The molecule has 1 fully saturated rings. The van der Waals surface area contributed by atoms with Crippen LogP contribution in [-0.4, -0.2) is 11.6 Å². The van der Waals surface area contributed by atoms with E-state index in [1.54, 1.807) is 0 Å². The molecule has 1 aliphatic carbocycles. The number of carbonyl (C=O) groups excluding carboxylic acids is 2. The highest BCUT2D eigenvalue weighted by Crippen LogP contribution is 2.44. The molecular weight excluding hydrogens is 188 g/mol. The van der Waals surface area contributed by atoms with Crippen LogP contribution < -0.4 is 0 Å². The highest BCUT2D eigenvalue weighted by atomic mass is 16.2. The predicted molar refractivity (Wildman–Crippen MR) is 60.6 cm³/mol. The van der Waals surface area contributed by atoms with E-state index in [1.807, 2.05) is 41.5 Å². The zero-order valence-corrected chi connectivity index (χ0v) is 10.5. The number of hydrogen-bond donors (Lipinski definition) is 0. The van der Waals surface area contributed by atoms with Crippen molar-refractivity contribution in [2.24, 2.45) is 10.8 Å². The molecule has 0 aromatic heterocycles. The first-order valence-corrected chi connectivity index (χ1v) is 5.37. The number of ketones is 2. The minimum absolute atomic E-state index is 0.00632. The van der Waals surface area contributed by atoms with E-state index >= 15 is 0 Å². The molecule has 0 aromatic rings. The van der Waals surface area contributed by atoms with Gasteiger partial charge in [0.25, 0.3) is 0 Å². The molecule has 15 heavy (non-hydrogen) atoms. The predicted octanol–water partition coefficient (Wildman–Crippen LogP) is 2.92. The van der Waals surface area contributed by atoms with Crippen molar-refractivity contribution in [3.05, 3.63) is 11.1 Å². The highest BCUT2D eigenvalue weighted by Gasteiger charge is 2.48. The summed E-state index contributed by atoms with van der Waals surface area (Å²) in [5, 5.41) is 0. The summed E-state index contributed by atoms with van der Waals surface area (Å²) in [4.78, 5) is 24.2. The summed E-state index contributed by atoms with van der Waals surface area (Å²) in [5.74, 6) is 0.0126. The minimum Gasteiger partial charge on any atom is -0.293 e. The highest BCUT2D eigenvalue weighted by molar-refractivity contribution is 6.25. The van der Waals surface area contributed by atoms with Crippen molar-refractivity contribution in [2.45, 2.75) is 48.0 Å². The average molecular weight is 208 g/mol. The molecule has 0 N–H and O–H groups in total. The molecule has 1 saturated carbocycles. The first-order chi connectivity index (χ1) is 6.59. The first kappa shape index (κ1) is 12.2. The van der Waals surface area contributed by atoms with Gasteiger partial charge in [-0.2, -0.15) is 0 Å².